The second-order valence-electron chi connectivity index (χ2n) is 4.28. The number of hydrogen-bond acceptors (Lipinski definition) is 3. The molecule has 2 nitrogen and oxygen atoms in total. The SMILES string of the molecule is COCO[C@@H]1CCS[C@@H]1C1CCCC1. The van der Waals surface area contributed by atoms with Crippen LogP contribution in [0.25, 0.3) is 0 Å². The third-order valence-corrected chi connectivity index (χ3v) is 4.89. The van der Waals surface area contributed by atoms with E-state index in [1.54, 1.807) is 7.11 Å². The minimum absolute atomic E-state index is 0.461. The maximum Gasteiger partial charge on any atom is 0.146 e. The average molecular weight is 216 g/mol. The van der Waals surface area contributed by atoms with E-state index in [2.05, 4.69) is 11.8 Å². The number of thioether (sulfide) groups is 1. The van der Waals surface area contributed by atoms with Gasteiger partial charge in [-0.25, -0.2) is 0 Å². The van der Waals surface area contributed by atoms with Gasteiger partial charge < -0.3 is 9.47 Å². The third-order valence-electron chi connectivity index (χ3n) is 3.34. The summed E-state index contributed by atoms with van der Waals surface area (Å²) in [6.45, 7) is 0.467. The monoisotopic (exact) mass is 216 g/mol. The first-order valence-corrected chi connectivity index (χ1v) is 6.69. The van der Waals surface area contributed by atoms with Crippen LogP contribution < -0.4 is 0 Å². The summed E-state index contributed by atoms with van der Waals surface area (Å²) in [5, 5.41) is 0.757. The lowest BCUT2D eigenvalue weighted by molar-refractivity contribution is -0.0738. The van der Waals surface area contributed by atoms with E-state index < -0.39 is 0 Å². The number of rotatable bonds is 4. The Morgan fingerprint density at radius 1 is 1.21 bits per heavy atom. The molecule has 0 amide bonds. The fourth-order valence-corrected chi connectivity index (χ4v) is 4.27. The topological polar surface area (TPSA) is 18.5 Å². The molecule has 0 aromatic carbocycles. The predicted octanol–water partition coefficient (Wildman–Crippen LogP) is 2.67. The van der Waals surface area contributed by atoms with Gasteiger partial charge in [0.2, 0.25) is 0 Å². The van der Waals surface area contributed by atoms with Gasteiger partial charge in [-0.15, -0.1) is 0 Å². The zero-order valence-corrected chi connectivity index (χ0v) is 9.72. The van der Waals surface area contributed by atoms with E-state index in [9.17, 15) is 0 Å². The van der Waals surface area contributed by atoms with Gasteiger partial charge in [-0.05, 0) is 30.9 Å². The highest BCUT2D eigenvalue weighted by Gasteiger charge is 2.36. The molecule has 0 unspecified atom stereocenters. The smallest absolute Gasteiger partial charge is 0.146 e. The molecule has 1 heterocycles. The quantitative estimate of drug-likeness (QED) is 0.673. The molecule has 1 saturated heterocycles. The fourth-order valence-electron chi connectivity index (χ4n) is 2.65. The molecule has 2 fully saturated rings. The van der Waals surface area contributed by atoms with Crippen LogP contribution in [0.15, 0.2) is 0 Å². The van der Waals surface area contributed by atoms with Crippen molar-refractivity contribution < 1.29 is 9.47 Å². The van der Waals surface area contributed by atoms with Crippen molar-refractivity contribution in [3.05, 3.63) is 0 Å². The molecule has 0 aromatic heterocycles. The van der Waals surface area contributed by atoms with Crippen molar-refractivity contribution in [2.24, 2.45) is 5.92 Å². The normalized spacial score (nSPS) is 34.1. The van der Waals surface area contributed by atoms with Crippen LogP contribution in [-0.4, -0.2) is 31.0 Å². The molecule has 2 aliphatic rings. The Labute approximate surface area is 90.7 Å². The molecule has 0 spiro atoms. The fraction of sp³-hybridized carbons (Fsp3) is 1.00. The van der Waals surface area contributed by atoms with Crippen LogP contribution in [-0.2, 0) is 9.47 Å². The summed E-state index contributed by atoms with van der Waals surface area (Å²) in [5.74, 6) is 2.19. The van der Waals surface area contributed by atoms with Crippen molar-refractivity contribution in [2.75, 3.05) is 19.7 Å². The van der Waals surface area contributed by atoms with Crippen molar-refractivity contribution in [3.63, 3.8) is 0 Å². The maximum atomic E-state index is 5.73. The Hall–Kier alpha value is 0.270. The Morgan fingerprint density at radius 3 is 2.71 bits per heavy atom. The van der Waals surface area contributed by atoms with Crippen LogP contribution in [0.1, 0.15) is 32.1 Å². The lowest BCUT2D eigenvalue weighted by atomic mass is 9.98. The van der Waals surface area contributed by atoms with Crippen LogP contribution in [0.3, 0.4) is 0 Å². The van der Waals surface area contributed by atoms with Crippen LogP contribution >= 0.6 is 11.8 Å². The molecule has 0 bridgehead atoms. The molecule has 14 heavy (non-hydrogen) atoms. The van der Waals surface area contributed by atoms with E-state index in [0.29, 0.717) is 12.9 Å². The van der Waals surface area contributed by atoms with E-state index in [1.807, 2.05) is 0 Å². The van der Waals surface area contributed by atoms with Gasteiger partial charge in [-0.2, -0.15) is 11.8 Å². The molecular weight excluding hydrogens is 196 g/mol. The van der Waals surface area contributed by atoms with Crippen LogP contribution in [0.5, 0.6) is 0 Å². The number of methoxy groups -OCH3 is 1. The Morgan fingerprint density at radius 2 is 2.00 bits per heavy atom. The largest absolute Gasteiger partial charge is 0.359 e. The Kier molecular flexibility index (Phi) is 4.14. The molecular formula is C11H20O2S. The summed E-state index contributed by atoms with van der Waals surface area (Å²) in [5.41, 5.74) is 0. The first-order valence-electron chi connectivity index (χ1n) is 5.64. The van der Waals surface area contributed by atoms with Gasteiger partial charge in [0.05, 0.1) is 6.10 Å². The Balaban J connectivity index is 1.82. The van der Waals surface area contributed by atoms with Gasteiger partial charge in [-0.1, -0.05) is 12.8 Å². The summed E-state index contributed by atoms with van der Waals surface area (Å²) in [6, 6.07) is 0. The minimum atomic E-state index is 0.461. The second-order valence-corrected chi connectivity index (χ2v) is 5.57. The standard InChI is InChI=1S/C11H20O2S/c1-12-8-13-10-6-7-14-11(10)9-4-2-3-5-9/h9-11H,2-8H2,1H3/t10-,11-/m1/s1. The molecule has 1 aliphatic carbocycles. The van der Waals surface area contributed by atoms with E-state index in [4.69, 9.17) is 9.47 Å². The van der Waals surface area contributed by atoms with Crippen molar-refractivity contribution in [1.82, 2.24) is 0 Å². The number of ether oxygens (including phenoxy) is 2. The lowest BCUT2D eigenvalue weighted by Crippen LogP contribution is -2.28. The predicted molar refractivity (Wildman–Crippen MR) is 59.6 cm³/mol. The minimum Gasteiger partial charge on any atom is -0.359 e. The summed E-state index contributed by atoms with van der Waals surface area (Å²) in [4.78, 5) is 0. The van der Waals surface area contributed by atoms with Gasteiger partial charge in [-0.3, -0.25) is 0 Å². The van der Waals surface area contributed by atoms with Crippen molar-refractivity contribution >= 4 is 11.8 Å². The molecule has 0 N–H and O–H groups in total. The van der Waals surface area contributed by atoms with E-state index in [0.717, 1.165) is 11.2 Å². The van der Waals surface area contributed by atoms with Gasteiger partial charge in [0.15, 0.2) is 0 Å². The van der Waals surface area contributed by atoms with Crippen LogP contribution in [0.2, 0.25) is 0 Å². The first-order chi connectivity index (χ1) is 6.92. The van der Waals surface area contributed by atoms with Gasteiger partial charge >= 0.3 is 0 Å². The summed E-state index contributed by atoms with van der Waals surface area (Å²) in [6.07, 6.45) is 7.38. The molecule has 2 rings (SSSR count). The van der Waals surface area contributed by atoms with E-state index in [-0.39, 0.29) is 0 Å². The van der Waals surface area contributed by atoms with Gasteiger partial charge in [0, 0.05) is 12.4 Å². The highest BCUT2D eigenvalue weighted by Crippen LogP contribution is 2.41. The molecule has 1 aliphatic heterocycles. The Bertz CT molecular complexity index is 169. The molecule has 0 aromatic rings. The van der Waals surface area contributed by atoms with Gasteiger partial charge in [0.25, 0.3) is 0 Å². The number of hydrogen-bond donors (Lipinski definition) is 0. The summed E-state index contributed by atoms with van der Waals surface area (Å²) < 4.78 is 10.7. The molecule has 0 radical (unpaired) electrons. The zero-order chi connectivity index (χ0) is 9.80. The van der Waals surface area contributed by atoms with Crippen LogP contribution in [0.4, 0.5) is 0 Å². The van der Waals surface area contributed by atoms with Crippen LogP contribution in [0, 0.1) is 5.92 Å². The van der Waals surface area contributed by atoms with E-state index >= 15 is 0 Å². The maximum absolute atomic E-state index is 5.73. The summed E-state index contributed by atoms with van der Waals surface area (Å²) >= 11 is 2.12. The molecule has 3 heteroatoms. The zero-order valence-electron chi connectivity index (χ0n) is 8.91. The van der Waals surface area contributed by atoms with Crippen molar-refractivity contribution in [3.8, 4) is 0 Å². The van der Waals surface area contributed by atoms with E-state index in [1.165, 1.54) is 37.9 Å². The molecule has 82 valence electrons. The highest BCUT2D eigenvalue weighted by atomic mass is 32.2. The average Bonchev–Trinajstić information content (AvgIpc) is 2.84. The van der Waals surface area contributed by atoms with Crippen molar-refractivity contribution in [2.45, 2.75) is 43.5 Å². The third kappa shape index (κ3) is 2.44. The lowest BCUT2D eigenvalue weighted by Gasteiger charge is -2.24. The highest BCUT2D eigenvalue weighted by molar-refractivity contribution is 8.00. The van der Waals surface area contributed by atoms with Crippen molar-refractivity contribution in [1.29, 1.82) is 0 Å². The molecule has 2 atom stereocenters. The first kappa shape index (κ1) is 10.8. The second kappa shape index (κ2) is 5.38. The summed E-state index contributed by atoms with van der Waals surface area (Å²) in [7, 11) is 1.70. The molecule has 1 saturated carbocycles. The van der Waals surface area contributed by atoms with Gasteiger partial charge in [0.1, 0.15) is 6.79 Å².